The molecule has 0 fully saturated rings. The highest BCUT2D eigenvalue weighted by Crippen LogP contribution is 2.49. The molecule has 1 aliphatic heterocycles. The average Bonchev–Trinajstić information content (AvgIpc) is 3.00. The first kappa shape index (κ1) is 26.7. The molecule has 7 nitrogen and oxygen atoms in total. The largest absolute Gasteiger partial charge is 0.465 e. The second kappa shape index (κ2) is 10.7. The Kier molecular flexibility index (Phi) is 7.13. The molecule has 0 spiro atoms. The smallest absolute Gasteiger partial charge is 0.338 e. The number of rotatable bonds is 6. The highest BCUT2D eigenvalue weighted by atomic mass is 16.5. The van der Waals surface area contributed by atoms with E-state index >= 15 is 0 Å². The minimum Gasteiger partial charge on any atom is -0.465 e. The van der Waals surface area contributed by atoms with E-state index in [9.17, 15) is 9.59 Å². The van der Waals surface area contributed by atoms with Crippen LogP contribution in [0.25, 0.3) is 11.1 Å². The summed E-state index contributed by atoms with van der Waals surface area (Å²) in [4.78, 5) is 25.1. The van der Waals surface area contributed by atoms with Crippen molar-refractivity contribution in [2.75, 3.05) is 19.5 Å². The number of amidine groups is 1. The van der Waals surface area contributed by atoms with Gasteiger partial charge in [-0.15, -0.1) is 0 Å². The van der Waals surface area contributed by atoms with Gasteiger partial charge in [0.1, 0.15) is 5.84 Å². The fourth-order valence-corrected chi connectivity index (χ4v) is 5.67. The van der Waals surface area contributed by atoms with Crippen LogP contribution in [0.15, 0.2) is 91.0 Å². The molecule has 5 rings (SSSR count). The van der Waals surface area contributed by atoms with Crippen LogP contribution in [-0.2, 0) is 14.9 Å². The highest BCUT2D eigenvalue weighted by molar-refractivity contribution is 6.01. The zero-order valence-electron chi connectivity index (χ0n) is 22.7. The van der Waals surface area contributed by atoms with Crippen LogP contribution in [0.5, 0.6) is 0 Å². The quantitative estimate of drug-likeness (QED) is 0.157. The summed E-state index contributed by atoms with van der Waals surface area (Å²) in [5.74, 6) is -1.04. The number of esters is 2. The Balaban J connectivity index is 1.67. The Labute approximate surface area is 233 Å². The summed E-state index contributed by atoms with van der Waals surface area (Å²) >= 11 is 0. The summed E-state index contributed by atoms with van der Waals surface area (Å²) in [6.07, 6.45) is 0.705. The summed E-state index contributed by atoms with van der Waals surface area (Å²) < 4.78 is 9.95. The summed E-state index contributed by atoms with van der Waals surface area (Å²) in [5, 5.41) is 11.7. The van der Waals surface area contributed by atoms with Gasteiger partial charge in [-0.25, -0.2) is 9.59 Å². The molecule has 4 N–H and O–H groups in total. The maximum absolute atomic E-state index is 12.9. The lowest BCUT2D eigenvalue weighted by atomic mass is 9.67. The molecule has 2 unspecified atom stereocenters. The Morgan fingerprint density at radius 3 is 2.23 bits per heavy atom. The SMILES string of the molecule is COC(=O)c1ccc(-c2ccccc2C2CC(C)(c3ccccc3)c3cc(C(=N)N)ccc3N2)c(C(=O)OC)c1. The molecule has 0 bridgehead atoms. The fourth-order valence-electron chi connectivity index (χ4n) is 5.67. The van der Waals surface area contributed by atoms with Crippen LogP contribution in [0.4, 0.5) is 5.69 Å². The van der Waals surface area contributed by atoms with E-state index in [4.69, 9.17) is 20.6 Å². The summed E-state index contributed by atoms with van der Waals surface area (Å²) in [5.41, 5.74) is 12.4. The van der Waals surface area contributed by atoms with Gasteiger partial charge < -0.3 is 20.5 Å². The molecule has 2 atom stereocenters. The van der Waals surface area contributed by atoms with Crippen molar-refractivity contribution in [1.29, 1.82) is 5.41 Å². The lowest BCUT2D eigenvalue weighted by Gasteiger charge is -2.42. The molecule has 1 aliphatic rings. The normalized spacial score (nSPS) is 17.7. The van der Waals surface area contributed by atoms with Gasteiger partial charge in [-0.1, -0.05) is 67.6 Å². The van der Waals surface area contributed by atoms with Crippen LogP contribution in [0, 0.1) is 5.41 Å². The zero-order valence-corrected chi connectivity index (χ0v) is 22.7. The number of nitrogens with two attached hydrogens (primary N) is 1. The lowest BCUT2D eigenvalue weighted by molar-refractivity contribution is 0.0600. The monoisotopic (exact) mass is 533 g/mol. The minimum atomic E-state index is -0.539. The Morgan fingerprint density at radius 2 is 1.52 bits per heavy atom. The third-order valence-electron chi connectivity index (χ3n) is 7.75. The fraction of sp³-hybridized carbons (Fsp3) is 0.182. The van der Waals surface area contributed by atoms with Crippen molar-refractivity contribution in [3.8, 4) is 11.1 Å². The highest BCUT2D eigenvalue weighted by Gasteiger charge is 2.39. The van der Waals surface area contributed by atoms with E-state index < -0.39 is 17.4 Å². The average molecular weight is 534 g/mol. The number of hydrogen-bond donors (Lipinski definition) is 3. The molecular formula is C33H31N3O4. The van der Waals surface area contributed by atoms with E-state index in [0.717, 1.165) is 27.9 Å². The maximum Gasteiger partial charge on any atom is 0.338 e. The molecular weight excluding hydrogens is 502 g/mol. The first-order valence-corrected chi connectivity index (χ1v) is 13.0. The predicted octanol–water partition coefficient (Wildman–Crippen LogP) is 6.07. The number of carbonyl (C=O) groups is 2. The van der Waals surface area contributed by atoms with Crippen LogP contribution in [0.1, 0.15) is 62.4 Å². The van der Waals surface area contributed by atoms with Gasteiger partial charge in [-0.2, -0.15) is 0 Å². The molecule has 0 saturated heterocycles. The van der Waals surface area contributed by atoms with E-state index in [1.165, 1.54) is 20.3 Å². The van der Waals surface area contributed by atoms with Gasteiger partial charge >= 0.3 is 11.9 Å². The zero-order chi connectivity index (χ0) is 28.4. The second-order valence-corrected chi connectivity index (χ2v) is 10.1. The number of nitrogens with one attached hydrogen (secondary N) is 2. The van der Waals surface area contributed by atoms with E-state index in [-0.39, 0.29) is 23.0 Å². The van der Waals surface area contributed by atoms with Crippen LogP contribution in [0.2, 0.25) is 0 Å². The summed E-state index contributed by atoms with van der Waals surface area (Å²) in [6.45, 7) is 2.21. The van der Waals surface area contributed by atoms with E-state index in [1.807, 2.05) is 54.6 Å². The molecule has 0 radical (unpaired) electrons. The topological polar surface area (TPSA) is 115 Å². The Hall–Kier alpha value is -4.91. The first-order valence-electron chi connectivity index (χ1n) is 13.0. The molecule has 7 heteroatoms. The number of methoxy groups -OCH3 is 2. The molecule has 0 aromatic heterocycles. The molecule has 202 valence electrons. The third-order valence-corrected chi connectivity index (χ3v) is 7.75. The molecule has 40 heavy (non-hydrogen) atoms. The molecule has 1 heterocycles. The number of benzene rings is 4. The van der Waals surface area contributed by atoms with Gasteiger partial charge in [-0.3, -0.25) is 5.41 Å². The van der Waals surface area contributed by atoms with Crippen LogP contribution >= 0.6 is 0 Å². The first-order chi connectivity index (χ1) is 19.3. The van der Waals surface area contributed by atoms with Crippen LogP contribution < -0.4 is 11.1 Å². The molecule has 0 saturated carbocycles. The predicted molar refractivity (Wildman–Crippen MR) is 156 cm³/mol. The maximum atomic E-state index is 12.9. The van der Waals surface area contributed by atoms with Crippen molar-refractivity contribution in [2.45, 2.75) is 24.8 Å². The number of ether oxygens (including phenoxy) is 2. The lowest BCUT2D eigenvalue weighted by Crippen LogP contribution is -2.35. The van der Waals surface area contributed by atoms with Gasteiger partial charge in [0.25, 0.3) is 0 Å². The van der Waals surface area contributed by atoms with Crippen LogP contribution in [0.3, 0.4) is 0 Å². The summed E-state index contributed by atoms with van der Waals surface area (Å²) in [7, 11) is 2.63. The van der Waals surface area contributed by atoms with Crippen molar-refractivity contribution in [2.24, 2.45) is 5.73 Å². The number of fused-ring (bicyclic) bond motifs is 1. The van der Waals surface area contributed by atoms with Gasteiger partial charge in [0.05, 0.1) is 31.4 Å². The Bertz CT molecular complexity index is 1620. The van der Waals surface area contributed by atoms with Crippen molar-refractivity contribution in [3.05, 3.63) is 124 Å². The van der Waals surface area contributed by atoms with Crippen LogP contribution in [-0.4, -0.2) is 32.0 Å². The number of nitrogen functional groups attached to an aromatic ring is 1. The van der Waals surface area contributed by atoms with Gasteiger partial charge in [-0.05, 0) is 64.6 Å². The van der Waals surface area contributed by atoms with Gasteiger partial charge in [0, 0.05) is 16.7 Å². The van der Waals surface area contributed by atoms with Crippen molar-refractivity contribution in [3.63, 3.8) is 0 Å². The standard InChI is InChI=1S/C33H31N3O4/c1-33(22-9-5-4-6-10-22)19-29(36-28-16-14-20(30(34)35)18-27(28)33)25-12-8-7-11-23(25)24-15-13-21(31(37)39-2)17-26(24)32(38)40-3/h4-18,29,36H,19H2,1-3H3,(H3,34,35). The second-order valence-electron chi connectivity index (χ2n) is 10.1. The minimum absolute atomic E-state index is 0.0245. The van der Waals surface area contributed by atoms with Crippen molar-refractivity contribution in [1.82, 2.24) is 0 Å². The number of carbonyl (C=O) groups excluding carboxylic acids is 2. The molecule has 4 aromatic rings. The number of anilines is 1. The molecule has 0 aliphatic carbocycles. The molecule has 4 aromatic carbocycles. The van der Waals surface area contributed by atoms with E-state index in [1.54, 1.807) is 12.1 Å². The number of hydrogen-bond acceptors (Lipinski definition) is 6. The Morgan fingerprint density at radius 1 is 0.850 bits per heavy atom. The van der Waals surface area contributed by atoms with Crippen molar-refractivity contribution >= 4 is 23.5 Å². The van der Waals surface area contributed by atoms with Crippen molar-refractivity contribution < 1.29 is 19.1 Å². The van der Waals surface area contributed by atoms with Gasteiger partial charge in [0.15, 0.2) is 0 Å². The van der Waals surface area contributed by atoms with E-state index in [2.05, 4.69) is 30.4 Å². The van der Waals surface area contributed by atoms with Gasteiger partial charge in [0.2, 0.25) is 0 Å². The molecule has 0 amide bonds. The summed E-state index contributed by atoms with van der Waals surface area (Å²) in [6, 6.07) is 28.9. The third kappa shape index (κ3) is 4.71. The van der Waals surface area contributed by atoms with E-state index in [0.29, 0.717) is 17.5 Å².